The normalized spacial score (nSPS) is 15.2. The number of anilines is 1. The van der Waals surface area contributed by atoms with Gasteiger partial charge in [-0.25, -0.2) is 14.5 Å². The summed E-state index contributed by atoms with van der Waals surface area (Å²) in [6.07, 6.45) is 1.23. The largest absolute Gasteiger partial charge is 0.478 e. The van der Waals surface area contributed by atoms with E-state index in [9.17, 15) is 19.2 Å². The van der Waals surface area contributed by atoms with E-state index in [4.69, 9.17) is 21.1 Å². The number of rotatable bonds is 4. The van der Waals surface area contributed by atoms with E-state index < -0.39 is 23.8 Å². The van der Waals surface area contributed by atoms with E-state index in [1.807, 2.05) is 0 Å². The molecule has 4 amide bonds. The van der Waals surface area contributed by atoms with Crippen molar-refractivity contribution in [2.24, 2.45) is 0 Å². The molecule has 1 saturated heterocycles. The highest BCUT2D eigenvalue weighted by Gasteiger charge is 2.37. The number of hydrogen-bond acceptors (Lipinski definition) is 5. The van der Waals surface area contributed by atoms with E-state index in [1.165, 1.54) is 30.3 Å². The molecule has 0 spiro atoms. The molecule has 4 rings (SSSR count). The van der Waals surface area contributed by atoms with Crippen LogP contribution >= 0.6 is 27.5 Å². The van der Waals surface area contributed by atoms with Crippen LogP contribution in [0.25, 0.3) is 17.4 Å². The Balaban J connectivity index is 1.66. The number of barbiturate groups is 1. The number of nitrogens with zero attached hydrogens (tertiary/aromatic N) is 1. The molecule has 0 unspecified atom stereocenters. The number of benzene rings is 2. The van der Waals surface area contributed by atoms with Crippen LogP contribution in [0.3, 0.4) is 0 Å². The predicted octanol–water partition coefficient (Wildman–Crippen LogP) is 4.73. The van der Waals surface area contributed by atoms with Gasteiger partial charge >= 0.3 is 12.0 Å². The van der Waals surface area contributed by atoms with Gasteiger partial charge in [0.05, 0.1) is 16.3 Å². The van der Waals surface area contributed by atoms with Crippen molar-refractivity contribution in [2.45, 2.75) is 0 Å². The third kappa shape index (κ3) is 4.08. The zero-order valence-electron chi connectivity index (χ0n) is 16.0. The van der Waals surface area contributed by atoms with Crippen LogP contribution in [0, 0.1) is 0 Å². The summed E-state index contributed by atoms with van der Waals surface area (Å²) in [5.74, 6) is -2.28. The van der Waals surface area contributed by atoms with Crippen molar-refractivity contribution in [3.05, 3.63) is 81.0 Å². The Morgan fingerprint density at radius 2 is 1.88 bits per heavy atom. The Kier molecular flexibility index (Phi) is 5.68. The Morgan fingerprint density at radius 3 is 2.56 bits per heavy atom. The minimum atomic E-state index is -1.15. The molecule has 0 aliphatic carbocycles. The summed E-state index contributed by atoms with van der Waals surface area (Å²) >= 11 is 9.28. The number of amides is 4. The van der Waals surface area contributed by atoms with E-state index in [-0.39, 0.29) is 27.6 Å². The minimum absolute atomic E-state index is 0.0383. The molecule has 32 heavy (non-hydrogen) atoms. The molecule has 0 atom stereocenters. The van der Waals surface area contributed by atoms with Crippen LogP contribution in [-0.2, 0) is 9.59 Å². The van der Waals surface area contributed by atoms with Gasteiger partial charge in [-0.2, -0.15) is 0 Å². The van der Waals surface area contributed by atoms with Gasteiger partial charge in [0, 0.05) is 10.0 Å². The van der Waals surface area contributed by atoms with Gasteiger partial charge in [-0.05, 0) is 48.5 Å². The van der Waals surface area contributed by atoms with Gasteiger partial charge in [0.25, 0.3) is 11.8 Å². The summed E-state index contributed by atoms with van der Waals surface area (Å²) in [7, 11) is 0. The predicted molar refractivity (Wildman–Crippen MR) is 119 cm³/mol. The minimum Gasteiger partial charge on any atom is -0.478 e. The van der Waals surface area contributed by atoms with Gasteiger partial charge in [0.1, 0.15) is 17.1 Å². The van der Waals surface area contributed by atoms with Crippen molar-refractivity contribution in [2.75, 3.05) is 4.90 Å². The summed E-state index contributed by atoms with van der Waals surface area (Å²) in [5.41, 5.74) is 0.458. The fourth-order valence-electron chi connectivity index (χ4n) is 3.08. The molecule has 2 aromatic carbocycles. The lowest BCUT2D eigenvalue weighted by atomic mass is 10.1. The number of carbonyl (C=O) groups is 4. The zero-order chi connectivity index (χ0) is 23.0. The number of urea groups is 1. The molecule has 2 heterocycles. The molecule has 160 valence electrons. The molecule has 10 heteroatoms. The SMILES string of the molecule is O=C1NC(=O)N(c2cccc(Br)c2)C(=O)/C1=C\c1ccc(-c2ccc(C(=O)O)c(Cl)c2)o1. The van der Waals surface area contributed by atoms with Crippen LogP contribution in [-0.4, -0.2) is 28.9 Å². The highest BCUT2D eigenvalue weighted by Crippen LogP contribution is 2.29. The quantitative estimate of drug-likeness (QED) is 0.383. The first-order valence-corrected chi connectivity index (χ1v) is 10.2. The van der Waals surface area contributed by atoms with Crippen LogP contribution in [0.2, 0.25) is 5.02 Å². The van der Waals surface area contributed by atoms with Gasteiger partial charge in [0.2, 0.25) is 0 Å². The third-order valence-electron chi connectivity index (χ3n) is 4.57. The monoisotopic (exact) mass is 514 g/mol. The van der Waals surface area contributed by atoms with Crippen LogP contribution in [0.15, 0.2) is 69.1 Å². The van der Waals surface area contributed by atoms with Crippen LogP contribution in [0.1, 0.15) is 16.1 Å². The number of aromatic carboxylic acids is 1. The maximum absolute atomic E-state index is 12.9. The molecule has 2 N–H and O–H groups in total. The summed E-state index contributed by atoms with van der Waals surface area (Å²) in [6, 6.07) is 13.1. The first kappa shape index (κ1) is 21.5. The third-order valence-corrected chi connectivity index (χ3v) is 5.37. The van der Waals surface area contributed by atoms with E-state index in [0.717, 1.165) is 4.90 Å². The maximum atomic E-state index is 12.9. The number of imide groups is 2. The first-order valence-electron chi connectivity index (χ1n) is 9.04. The maximum Gasteiger partial charge on any atom is 0.337 e. The lowest BCUT2D eigenvalue weighted by Crippen LogP contribution is -2.54. The molecule has 1 aliphatic heterocycles. The molecule has 1 fully saturated rings. The number of nitrogens with one attached hydrogen (secondary N) is 1. The summed E-state index contributed by atoms with van der Waals surface area (Å²) in [6.45, 7) is 0. The molecule has 1 aliphatic rings. The summed E-state index contributed by atoms with van der Waals surface area (Å²) in [4.78, 5) is 49.5. The van der Waals surface area contributed by atoms with Crippen LogP contribution < -0.4 is 10.2 Å². The lowest BCUT2D eigenvalue weighted by Gasteiger charge is -2.26. The number of carboxylic acids is 1. The number of halogens is 2. The van der Waals surface area contributed by atoms with Crippen molar-refractivity contribution in [1.29, 1.82) is 0 Å². The van der Waals surface area contributed by atoms with Crippen LogP contribution in [0.5, 0.6) is 0 Å². The van der Waals surface area contributed by atoms with Gasteiger partial charge in [-0.1, -0.05) is 39.7 Å². The first-order chi connectivity index (χ1) is 15.2. The lowest BCUT2D eigenvalue weighted by molar-refractivity contribution is -0.122. The number of furan rings is 1. The average Bonchev–Trinajstić information content (AvgIpc) is 3.19. The highest BCUT2D eigenvalue weighted by molar-refractivity contribution is 9.10. The van der Waals surface area contributed by atoms with Crippen molar-refractivity contribution in [3.63, 3.8) is 0 Å². The van der Waals surface area contributed by atoms with Crippen molar-refractivity contribution >= 4 is 63.1 Å². The molecule has 3 aromatic rings. The fraction of sp³-hybridized carbons (Fsp3) is 0. The topological polar surface area (TPSA) is 117 Å². The molecule has 0 radical (unpaired) electrons. The second-order valence-corrected chi connectivity index (χ2v) is 7.96. The summed E-state index contributed by atoms with van der Waals surface area (Å²) < 4.78 is 6.34. The average molecular weight is 516 g/mol. The molecule has 0 bridgehead atoms. The number of carboxylic acid groups (broad SMARTS) is 1. The highest BCUT2D eigenvalue weighted by atomic mass is 79.9. The molecular formula is C22H12BrClN2O6. The van der Waals surface area contributed by atoms with E-state index in [2.05, 4.69) is 21.2 Å². The zero-order valence-corrected chi connectivity index (χ0v) is 18.3. The van der Waals surface area contributed by atoms with Crippen molar-refractivity contribution in [1.82, 2.24) is 5.32 Å². The molecular weight excluding hydrogens is 504 g/mol. The molecule has 8 nitrogen and oxygen atoms in total. The second kappa shape index (κ2) is 8.45. The van der Waals surface area contributed by atoms with Crippen LogP contribution in [0.4, 0.5) is 10.5 Å². The van der Waals surface area contributed by atoms with Gasteiger partial charge < -0.3 is 9.52 Å². The summed E-state index contributed by atoms with van der Waals surface area (Å²) in [5, 5.41) is 11.3. The van der Waals surface area contributed by atoms with E-state index >= 15 is 0 Å². The van der Waals surface area contributed by atoms with E-state index in [1.54, 1.807) is 30.3 Å². The van der Waals surface area contributed by atoms with Crippen molar-refractivity contribution < 1.29 is 28.7 Å². The van der Waals surface area contributed by atoms with Gasteiger partial charge in [0.15, 0.2) is 0 Å². The smallest absolute Gasteiger partial charge is 0.337 e. The second-order valence-electron chi connectivity index (χ2n) is 6.64. The Morgan fingerprint density at radius 1 is 1.09 bits per heavy atom. The van der Waals surface area contributed by atoms with Crippen molar-refractivity contribution in [3.8, 4) is 11.3 Å². The van der Waals surface area contributed by atoms with Gasteiger partial charge in [-0.3, -0.25) is 14.9 Å². The van der Waals surface area contributed by atoms with Gasteiger partial charge in [-0.15, -0.1) is 0 Å². The number of carbonyl (C=O) groups excluding carboxylic acids is 3. The van der Waals surface area contributed by atoms with E-state index in [0.29, 0.717) is 15.8 Å². The Hall–Kier alpha value is -3.69. The Labute approximate surface area is 194 Å². The fourth-order valence-corrected chi connectivity index (χ4v) is 3.73. The molecule has 0 saturated carbocycles. The standard InChI is InChI=1S/C22H12BrClN2O6/c23-12-2-1-3-13(9-12)26-20(28)16(19(27)25-22(26)31)10-14-5-7-18(32-14)11-4-6-15(21(29)30)17(24)8-11/h1-10H,(H,29,30)(H,25,27,31)/b16-10-. The number of hydrogen-bond donors (Lipinski definition) is 2. The molecule has 1 aromatic heterocycles. The Bertz CT molecular complexity index is 1330.